The summed E-state index contributed by atoms with van der Waals surface area (Å²) in [6.45, 7) is 1.92. The van der Waals surface area contributed by atoms with Crippen LogP contribution in [0.5, 0.6) is 0 Å². The molecule has 0 aliphatic carbocycles. The summed E-state index contributed by atoms with van der Waals surface area (Å²) in [7, 11) is 0. The molecule has 48 heavy (non-hydrogen) atoms. The maximum atomic E-state index is 7.02. The van der Waals surface area contributed by atoms with Crippen molar-refractivity contribution < 1.29 is 23.7 Å². The van der Waals surface area contributed by atoms with Crippen LogP contribution in [0.4, 0.5) is 0 Å². The predicted molar refractivity (Wildman–Crippen MR) is 193 cm³/mol. The second kappa shape index (κ2) is 17.9. The van der Waals surface area contributed by atoms with Crippen molar-refractivity contribution in [1.82, 2.24) is 0 Å². The van der Waals surface area contributed by atoms with E-state index in [1.54, 1.807) is 0 Å². The molecule has 0 radical (unpaired) electrons. The first-order valence-corrected chi connectivity index (χ1v) is 17.8. The molecule has 0 amide bonds. The van der Waals surface area contributed by atoms with Crippen molar-refractivity contribution in [2.45, 2.75) is 62.3 Å². The summed E-state index contributed by atoms with van der Waals surface area (Å²) in [6, 6.07) is 46.7. The Bertz CT molecular complexity index is 1660. The van der Waals surface area contributed by atoms with Crippen LogP contribution in [0.1, 0.15) is 39.5 Å². The molecule has 1 saturated heterocycles. The molecule has 7 heteroatoms. The lowest BCUT2D eigenvalue weighted by Crippen LogP contribution is -2.58. The molecule has 0 spiro atoms. The van der Waals surface area contributed by atoms with E-state index in [9.17, 15) is 0 Å². The van der Waals surface area contributed by atoms with Crippen LogP contribution in [-0.2, 0) is 55.4 Å². The molecule has 1 heterocycles. The van der Waals surface area contributed by atoms with Crippen molar-refractivity contribution >= 4 is 27.5 Å². The number of halogens is 2. The SMILES string of the molecule is Clc1ccc(C2O[C@H](COCc3ccccc3)[C@@H](OCc3ccccc3)[C@H](OCc3ccccc3)[C@H]2OCc2ccccc2)cc1CBr. The molecule has 1 fully saturated rings. The maximum Gasteiger partial charge on any atom is 0.117 e. The highest BCUT2D eigenvalue weighted by atomic mass is 79.9. The van der Waals surface area contributed by atoms with Gasteiger partial charge in [-0.2, -0.15) is 0 Å². The molecule has 0 saturated carbocycles. The zero-order valence-corrected chi connectivity index (χ0v) is 29.0. The van der Waals surface area contributed by atoms with E-state index in [2.05, 4.69) is 70.5 Å². The second-order valence-corrected chi connectivity index (χ2v) is 12.8. The Hall–Kier alpha value is -3.33. The van der Waals surface area contributed by atoms with E-state index in [0.29, 0.717) is 43.4 Å². The topological polar surface area (TPSA) is 46.2 Å². The van der Waals surface area contributed by atoms with E-state index >= 15 is 0 Å². The Kier molecular flexibility index (Phi) is 12.9. The minimum absolute atomic E-state index is 0.306. The molecule has 1 aliphatic rings. The number of ether oxygens (including phenoxy) is 5. The van der Waals surface area contributed by atoms with Crippen LogP contribution in [0.3, 0.4) is 0 Å². The number of alkyl halides is 1. The van der Waals surface area contributed by atoms with E-state index in [1.165, 1.54) is 0 Å². The standard InChI is InChI=1S/C41H40BrClO5/c42-24-35-23-34(21-22-36(35)43)38-40(46-27-32-17-9-3-10-18-32)41(47-28-33-19-11-4-12-20-33)39(45-26-31-15-7-2-8-16-31)37(48-38)29-44-25-30-13-5-1-6-14-30/h1-23,37-41H,24-29H2/t37-,38?,39-,40+,41+/m1/s1. The summed E-state index contributed by atoms with van der Waals surface area (Å²) < 4.78 is 33.8. The second-order valence-electron chi connectivity index (χ2n) is 11.9. The smallest absolute Gasteiger partial charge is 0.117 e. The number of rotatable bonds is 15. The number of hydrogen-bond acceptors (Lipinski definition) is 5. The van der Waals surface area contributed by atoms with Gasteiger partial charge >= 0.3 is 0 Å². The molecule has 0 bridgehead atoms. The third-order valence-electron chi connectivity index (χ3n) is 8.43. The highest BCUT2D eigenvalue weighted by Crippen LogP contribution is 2.39. The fourth-order valence-electron chi connectivity index (χ4n) is 5.93. The number of benzene rings is 5. The third-order valence-corrected chi connectivity index (χ3v) is 9.40. The summed E-state index contributed by atoms with van der Waals surface area (Å²) in [5.74, 6) is 0. The van der Waals surface area contributed by atoms with Crippen LogP contribution >= 0.6 is 27.5 Å². The first-order valence-electron chi connectivity index (χ1n) is 16.3. The Morgan fingerprint density at radius 2 is 1.00 bits per heavy atom. The molecule has 1 aliphatic heterocycles. The van der Waals surface area contributed by atoms with Crippen LogP contribution < -0.4 is 0 Å². The molecule has 248 valence electrons. The fraction of sp³-hybridized carbons (Fsp3) is 0.268. The quantitative estimate of drug-likeness (QED) is 0.101. The first-order chi connectivity index (χ1) is 23.7. The van der Waals surface area contributed by atoms with Gasteiger partial charge in [0.15, 0.2) is 0 Å². The van der Waals surface area contributed by atoms with Gasteiger partial charge < -0.3 is 23.7 Å². The van der Waals surface area contributed by atoms with Crippen molar-refractivity contribution in [3.8, 4) is 0 Å². The fourth-order valence-corrected chi connectivity index (χ4v) is 6.74. The van der Waals surface area contributed by atoms with E-state index in [1.807, 2.05) is 84.9 Å². The summed E-state index contributed by atoms with van der Waals surface area (Å²) >= 11 is 10.2. The average molecular weight is 728 g/mol. The molecule has 5 nitrogen and oxygen atoms in total. The number of hydrogen-bond donors (Lipinski definition) is 0. The van der Waals surface area contributed by atoms with Gasteiger partial charge in [-0.15, -0.1) is 0 Å². The van der Waals surface area contributed by atoms with Crippen molar-refractivity contribution in [1.29, 1.82) is 0 Å². The first kappa shape index (κ1) is 34.5. The van der Waals surface area contributed by atoms with E-state index < -0.39 is 30.5 Å². The van der Waals surface area contributed by atoms with E-state index in [4.69, 9.17) is 35.3 Å². The predicted octanol–water partition coefficient (Wildman–Crippen LogP) is 9.65. The minimum atomic E-state index is -0.510. The minimum Gasteiger partial charge on any atom is -0.374 e. The highest BCUT2D eigenvalue weighted by Gasteiger charge is 2.49. The van der Waals surface area contributed by atoms with E-state index in [-0.39, 0.29) is 0 Å². The van der Waals surface area contributed by atoms with Gasteiger partial charge in [-0.25, -0.2) is 0 Å². The summed E-state index contributed by atoms with van der Waals surface area (Å²) in [5, 5.41) is 1.30. The Morgan fingerprint density at radius 3 is 1.50 bits per heavy atom. The monoisotopic (exact) mass is 726 g/mol. The summed E-state index contributed by atoms with van der Waals surface area (Å²) in [6.07, 6.45) is -2.44. The lowest BCUT2D eigenvalue weighted by molar-refractivity contribution is -0.275. The third kappa shape index (κ3) is 9.42. The van der Waals surface area contributed by atoms with Crippen LogP contribution in [0.2, 0.25) is 5.02 Å². The zero-order chi connectivity index (χ0) is 33.0. The molecule has 5 aromatic rings. The maximum absolute atomic E-state index is 7.02. The summed E-state index contributed by atoms with van der Waals surface area (Å²) in [4.78, 5) is 0. The van der Waals surface area contributed by atoms with E-state index in [0.717, 1.165) is 33.4 Å². The zero-order valence-electron chi connectivity index (χ0n) is 26.7. The molecule has 0 N–H and O–H groups in total. The molecule has 5 aromatic carbocycles. The van der Waals surface area contributed by atoms with Gasteiger partial charge in [0.25, 0.3) is 0 Å². The van der Waals surface area contributed by atoms with Crippen molar-refractivity contribution in [2.24, 2.45) is 0 Å². The molecule has 0 aromatic heterocycles. The van der Waals surface area contributed by atoms with Gasteiger partial charge in [0.1, 0.15) is 30.5 Å². The Balaban J connectivity index is 1.36. The van der Waals surface area contributed by atoms with Gasteiger partial charge in [0, 0.05) is 10.4 Å². The normalized spacial score (nSPS) is 20.8. The molecular weight excluding hydrogens is 688 g/mol. The Morgan fingerprint density at radius 1 is 0.542 bits per heavy atom. The van der Waals surface area contributed by atoms with Gasteiger partial charge in [-0.3, -0.25) is 0 Å². The summed E-state index contributed by atoms with van der Waals surface area (Å²) in [5.41, 5.74) is 6.20. The van der Waals surface area contributed by atoms with Crippen LogP contribution in [0, 0.1) is 0 Å². The van der Waals surface area contributed by atoms with Gasteiger partial charge in [0.05, 0.1) is 33.0 Å². The van der Waals surface area contributed by atoms with Gasteiger partial charge in [0.2, 0.25) is 0 Å². The van der Waals surface area contributed by atoms with Crippen LogP contribution in [0.15, 0.2) is 140 Å². The molecule has 5 atom stereocenters. The van der Waals surface area contributed by atoms with Crippen LogP contribution in [0.25, 0.3) is 0 Å². The Labute approximate surface area is 296 Å². The van der Waals surface area contributed by atoms with Crippen molar-refractivity contribution in [2.75, 3.05) is 6.61 Å². The highest BCUT2D eigenvalue weighted by molar-refractivity contribution is 9.08. The van der Waals surface area contributed by atoms with Crippen molar-refractivity contribution in [3.63, 3.8) is 0 Å². The van der Waals surface area contributed by atoms with Crippen molar-refractivity contribution in [3.05, 3.63) is 178 Å². The molecule has 1 unspecified atom stereocenters. The average Bonchev–Trinajstić information content (AvgIpc) is 3.14. The molecular formula is C41H40BrClO5. The van der Waals surface area contributed by atoms with Gasteiger partial charge in [-0.1, -0.05) is 161 Å². The largest absolute Gasteiger partial charge is 0.374 e. The van der Waals surface area contributed by atoms with Gasteiger partial charge in [-0.05, 0) is 39.4 Å². The van der Waals surface area contributed by atoms with Crippen LogP contribution in [-0.4, -0.2) is 31.0 Å². The molecule has 6 rings (SSSR count). The lowest BCUT2D eigenvalue weighted by atomic mass is 9.89. The lowest BCUT2D eigenvalue weighted by Gasteiger charge is -2.46.